The molecule has 1 heterocycles. The van der Waals surface area contributed by atoms with E-state index in [0.29, 0.717) is 18.6 Å². The molecule has 0 radical (unpaired) electrons. The van der Waals surface area contributed by atoms with Crippen LogP contribution in [-0.2, 0) is 22.4 Å². The quantitative estimate of drug-likeness (QED) is 0.567. The molecule has 0 spiro atoms. The van der Waals surface area contributed by atoms with Crippen molar-refractivity contribution in [3.63, 3.8) is 0 Å². The van der Waals surface area contributed by atoms with Crippen molar-refractivity contribution >= 4 is 5.97 Å². The number of aryl methyl sites for hydroxylation is 2. The maximum Gasteiger partial charge on any atom is 0.306 e. The number of ether oxygens (including phenoxy) is 2. The van der Waals surface area contributed by atoms with Crippen LogP contribution in [0.3, 0.4) is 0 Å². The fourth-order valence-electron chi connectivity index (χ4n) is 4.39. The third-order valence-corrected chi connectivity index (χ3v) is 6.08. The van der Waals surface area contributed by atoms with Crippen LogP contribution >= 0.6 is 0 Å². The molecule has 1 aromatic carbocycles. The van der Waals surface area contributed by atoms with Gasteiger partial charge in [-0.3, -0.25) is 4.79 Å². The Morgan fingerprint density at radius 2 is 1.96 bits per heavy atom. The van der Waals surface area contributed by atoms with Gasteiger partial charge in [-0.05, 0) is 74.5 Å². The Morgan fingerprint density at radius 1 is 1.19 bits per heavy atom. The normalized spacial score (nSPS) is 24.8. The van der Waals surface area contributed by atoms with Gasteiger partial charge in [-0.1, -0.05) is 32.8 Å². The third kappa shape index (κ3) is 5.46. The minimum Gasteiger partial charge on any atom is -0.487 e. The highest BCUT2D eigenvalue weighted by molar-refractivity contribution is 5.69. The van der Waals surface area contributed by atoms with Gasteiger partial charge in [-0.2, -0.15) is 0 Å². The number of carbonyl (C=O) groups is 1. The second-order valence-corrected chi connectivity index (χ2v) is 8.17. The van der Waals surface area contributed by atoms with Gasteiger partial charge in [-0.15, -0.1) is 0 Å². The van der Waals surface area contributed by atoms with E-state index in [0.717, 1.165) is 68.4 Å². The minimum absolute atomic E-state index is 0.0859. The van der Waals surface area contributed by atoms with Gasteiger partial charge in [0.25, 0.3) is 0 Å². The lowest BCUT2D eigenvalue weighted by Gasteiger charge is -2.28. The average molecular weight is 377 g/mol. The largest absolute Gasteiger partial charge is 0.487 e. The van der Waals surface area contributed by atoms with Gasteiger partial charge in [0.05, 0.1) is 6.10 Å². The van der Waals surface area contributed by atoms with Crippen LogP contribution in [0.5, 0.6) is 5.75 Å². The van der Waals surface area contributed by atoms with E-state index in [2.05, 4.69) is 19.9 Å². The van der Waals surface area contributed by atoms with Crippen molar-refractivity contribution in [3.8, 4) is 5.75 Å². The Labute approximate surface area is 162 Å². The molecule has 1 aromatic rings. The van der Waals surface area contributed by atoms with Crippen LogP contribution in [-0.4, -0.2) is 18.2 Å². The molecule has 2 aliphatic rings. The molecule has 1 aliphatic heterocycles. The summed E-state index contributed by atoms with van der Waals surface area (Å²) in [7, 11) is 0. The smallest absolute Gasteiger partial charge is 0.306 e. The highest BCUT2D eigenvalue weighted by Crippen LogP contribution is 2.33. The molecule has 0 bridgehead atoms. The summed E-state index contributed by atoms with van der Waals surface area (Å²) in [6.45, 7) is 4.32. The molecule has 0 saturated heterocycles. The number of rotatable bonds is 7. The summed E-state index contributed by atoms with van der Waals surface area (Å²) >= 11 is 0. The first-order valence-corrected chi connectivity index (χ1v) is 10.8. The Hall–Kier alpha value is -1.58. The van der Waals surface area contributed by atoms with Crippen molar-refractivity contribution in [2.75, 3.05) is 0 Å². The molecule has 0 amide bonds. The molecule has 3 nitrogen and oxygen atoms in total. The Kier molecular flexibility index (Phi) is 7.14. The molecule has 1 atom stereocenters. The fraction of sp³-hybridized carbons (Fsp3) is 0.696. The number of esters is 1. The van der Waals surface area contributed by atoms with E-state index in [9.17, 15) is 9.18 Å². The van der Waals surface area contributed by atoms with Crippen LogP contribution in [0.1, 0.15) is 82.8 Å². The monoisotopic (exact) mass is 376 g/mol. The highest BCUT2D eigenvalue weighted by atomic mass is 19.1. The Morgan fingerprint density at radius 3 is 2.67 bits per heavy atom. The van der Waals surface area contributed by atoms with E-state index >= 15 is 0 Å². The van der Waals surface area contributed by atoms with Crippen molar-refractivity contribution in [1.29, 1.82) is 0 Å². The van der Waals surface area contributed by atoms with Gasteiger partial charge >= 0.3 is 5.97 Å². The molecular formula is C23H33FO3. The summed E-state index contributed by atoms with van der Waals surface area (Å²) in [6, 6.07) is 3.66. The molecule has 1 aliphatic carbocycles. The number of fused-ring (bicyclic) bond motifs is 1. The van der Waals surface area contributed by atoms with Crippen LogP contribution in [0.4, 0.5) is 4.39 Å². The van der Waals surface area contributed by atoms with Gasteiger partial charge < -0.3 is 9.47 Å². The maximum atomic E-state index is 14.4. The second kappa shape index (κ2) is 9.57. The number of hydrogen-bond acceptors (Lipinski definition) is 3. The minimum atomic E-state index is -0.268. The topological polar surface area (TPSA) is 35.5 Å². The molecule has 27 heavy (non-hydrogen) atoms. The molecule has 0 aromatic heterocycles. The van der Waals surface area contributed by atoms with Crippen molar-refractivity contribution in [2.24, 2.45) is 5.92 Å². The van der Waals surface area contributed by atoms with Crippen molar-refractivity contribution in [2.45, 2.75) is 96.7 Å². The predicted octanol–water partition coefficient (Wildman–Crippen LogP) is 5.76. The average Bonchev–Trinajstić information content (AvgIpc) is 2.67. The first-order chi connectivity index (χ1) is 13.1. The SMILES string of the molecule is CCCc1cc(F)c2c(c1)CCC(CCC(=O)OC1CCC(CC)CC1)O2. The van der Waals surface area contributed by atoms with Gasteiger partial charge in [0.1, 0.15) is 6.10 Å². The van der Waals surface area contributed by atoms with Gasteiger partial charge in [0.15, 0.2) is 11.6 Å². The molecule has 150 valence electrons. The van der Waals surface area contributed by atoms with Crippen molar-refractivity contribution < 1.29 is 18.7 Å². The standard InChI is InChI=1S/C23H33FO3/c1-3-5-17-14-18-8-11-20(27-23(18)21(24)15-17)12-13-22(25)26-19-9-6-16(4-2)7-10-19/h14-16,19-20H,3-13H2,1-2H3. The van der Waals surface area contributed by atoms with Crippen LogP contribution in [0.15, 0.2) is 12.1 Å². The lowest BCUT2D eigenvalue weighted by atomic mass is 9.86. The summed E-state index contributed by atoms with van der Waals surface area (Å²) in [5.74, 6) is 0.778. The fourth-order valence-corrected chi connectivity index (χ4v) is 4.39. The molecule has 1 saturated carbocycles. The zero-order chi connectivity index (χ0) is 19.2. The van der Waals surface area contributed by atoms with E-state index in [1.807, 2.05) is 0 Å². The van der Waals surface area contributed by atoms with Crippen LogP contribution in [0, 0.1) is 11.7 Å². The first kappa shape index (κ1) is 20.2. The number of hydrogen-bond donors (Lipinski definition) is 0. The van der Waals surface area contributed by atoms with Crippen LogP contribution < -0.4 is 4.74 Å². The zero-order valence-electron chi connectivity index (χ0n) is 16.8. The highest BCUT2D eigenvalue weighted by Gasteiger charge is 2.26. The summed E-state index contributed by atoms with van der Waals surface area (Å²) in [5, 5.41) is 0. The number of benzene rings is 1. The third-order valence-electron chi connectivity index (χ3n) is 6.08. The number of halogens is 1. The van der Waals surface area contributed by atoms with Crippen molar-refractivity contribution in [1.82, 2.24) is 0 Å². The van der Waals surface area contributed by atoms with Crippen LogP contribution in [0.25, 0.3) is 0 Å². The van der Waals surface area contributed by atoms with Gasteiger partial charge in [0, 0.05) is 6.42 Å². The second-order valence-electron chi connectivity index (χ2n) is 8.17. The van der Waals surface area contributed by atoms with Gasteiger partial charge in [-0.25, -0.2) is 4.39 Å². The zero-order valence-corrected chi connectivity index (χ0v) is 16.8. The van der Waals surface area contributed by atoms with E-state index in [4.69, 9.17) is 9.47 Å². The molecule has 3 rings (SSSR count). The maximum absolute atomic E-state index is 14.4. The van der Waals surface area contributed by atoms with Crippen molar-refractivity contribution in [3.05, 3.63) is 29.1 Å². The van der Waals surface area contributed by atoms with E-state index in [1.165, 1.54) is 6.42 Å². The Bertz CT molecular complexity index is 635. The summed E-state index contributed by atoms with van der Waals surface area (Å²) < 4.78 is 25.9. The Balaban J connectivity index is 1.45. The summed E-state index contributed by atoms with van der Waals surface area (Å²) in [5.41, 5.74) is 2.00. The molecule has 0 N–H and O–H groups in total. The lowest BCUT2D eigenvalue weighted by molar-refractivity contribution is -0.151. The first-order valence-electron chi connectivity index (χ1n) is 10.8. The number of carbonyl (C=O) groups excluding carboxylic acids is 1. The molecular weight excluding hydrogens is 343 g/mol. The summed E-state index contributed by atoms with van der Waals surface area (Å²) in [6.07, 6.45) is 9.98. The molecule has 1 fully saturated rings. The van der Waals surface area contributed by atoms with E-state index < -0.39 is 0 Å². The molecule has 4 heteroatoms. The van der Waals surface area contributed by atoms with Crippen LogP contribution in [0.2, 0.25) is 0 Å². The van der Waals surface area contributed by atoms with Gasteiger partial charge in [0.2, 0.25) is 0 Å². The molecule has 1 unspecified atom stereocenters. The lowest BCUT2D eigenvalue weighted by Crippen LogP contribution is -2.27. The summed E-state index contributed by atoms with van der Waals surface area (Å²) in [4.78, 5) is 12.2. The van der Waals surface area contributed by atoms with E-state index in [-0.39, 0.29) is 24.0 Å². The van der Waals surface area contributed by atoms with E-state index in [1.54, 1.807) is 6.07 Å². The predicted molar refractivity (Wildman–Crippen MR) is 104 cm³/mol.